The van der Waals surface area contributed by atoms with E-state index in [1.165, 1.54) is 11.3 Å². The van der Waals surface area contributed by atoms with Gasteiger partial charge in [0.15, 0.2) is 0 Å². The van der Waals surface area contributed by atoms with Crippen molar-refractivity contribution in [3.63, 3.8) is 0 Å². The van der Waals surface area contributed by atoms with Crippen molar-refractivity contribution in [2.45, 2.75) is 19.8 Å². The van der Waals surface area contributed by atoms with Crippen molar-refractivity contribution >= 4 is 50.7 Å². The Morgan fingerprint density at radius 1 is 1.06 bits per heavy atom. The number of piperidine rings is 1. The molecule has 2 aromatic heterocycles. The number of nitrogens with one attached hydrogen (secondary N) is 1. The fourth-order valence-electron chi connectivity index (χ4n) is 4.21. The summed E-state index contributed by atoms with van der Waals surface area (Å²) in [5, 5.41) is 9.17. The summed E-state index contributed by atoms with van der Waals surface area (Å²) in [6, 6.07) is 18.9. The summed E-state index contributed by atoms with van der Waals surface area (Å²) in [6.07, 6.45) is 1.31. The number of fused-ring (bicyclic) bond motifs is 1. The first kappa shape index (κ1) is 21.7. The van der Waals surface area contributed by atoms with Gasteiger partial charge in [-0.25, -0.2) is 4.68 Å². The molecule has 4 aromatic rings. The van der Waals surface area contributed by atoms with Crippen LogP contribution in [0, 0.1) is 12.8 Å². The lowest BCUT2D eigenvalue weighted by atomic mass is 9.95. The average molecular weight is 479 g/mol. The third kappa shape index (κ3) is 4.26. The molecule has 0 atom stereocenters. The Bertz CT molecular complexity index is 1320. The van der Waals surface area contributed by atoms with Crippen molar-refractivity contribution < 1.29 is 9.59 Å². The number of benzene rings is 2. The molecule has 1 fully saturated rings. The molecule has 2 amide bonds. The molecular formula is C25H23ClN4O2S. The number of thiophene rings is 1. The standard InChI is InChI=1S/C25H23ClN4O2S/c1-16-19-15-22(33-25(19)30(28-16)21-10-6-5-9-20(21)26)24(32)29-13-11-17(12-14-29)23(31)27-18-7-3-2-4-8-18/h2-10,15,17H,11-14H2,1H3,(H,27,31). The van der Waals surface area contributed by atoms with Gasteiger partial charge in [-0.1, -0.05) is 41.9 Å². The predicted octanol–water partition coefficient (Wildman–Crippen LogP) is 5.54. The smallest absolute Gasteiger partial charge is 0.264 e. The van der Waals surface area contributed by atoms with Gasteiger partial charge in [0.1, 0.15) is 4.83 Å². The molecule has 6 nitrogen and oxygen atoms in total. The Morgan fingerprint density at radius 2 is 1.76 bits per heavy atom. The lowest BCUT2D eigenvalue weighted by Gasteiger charge is -2.31. The minimum atomic E-state index is -0.0901. The number of carbonyl (C=O) groups is 2. The van der Waals surface area contributed by atoms with Crippen LogP contribution in [0.15, 0.2) is 60.7 Å². The molecule has 2 aromatic carbocycles. The number of likely N-dealkylation sites (tertiary alicyclic amines) is 1. The van der Waals surface area contributed by atoms with Crippen LogP contribution in [-0.4, -0.2) is 39.6 Å². The number of amides is 2. The molecule has 0 aliphatic carbocycles. The molecule has 1 N–H and O–H groups in total. The number of anilines is 1. The summed E-state index contributed by atoms with van der Waals surface area (Å²) >= 11 is 7.82. The Morgan fingerprint density at radius 3 is 2.48 bits per heavy atom. The molecule has 8 heteroatoms. The van der Waals surface area contributed by atoms with Crippen LogP contribution in [0.3, 0.4) is 0 Å². The van der Waals surface area contributed by atoms with Gasteiger partial charge in [0.05, 0.1) is 21.3 Å². The number of nitrogens with zero attached hydrogens (tertiary/aromatic N) is 3. The number of hydrogen-bond acceptors (Lipinski definition) is 4. The van der Waals surface area contributed by atoms with Gasteiger partial charge in [0.2, 0.25) is 5.91 Å². The van der Waals surface area contributed by atoms with Gasteiger partial charge < -0.3 is 10.2 Å². The number of para-hydroxylation sites is 2. The van der Waals surface area contributed by atoms with Crippen LogP contribution in [0.1, 0.15) is 28.2 Å². The lowest BCUT2D eigenvalue weighted by molar-refractivity contribution is -0.121. The summed E-state index contributed by atoms with van der Waals surface area (Å²) in [7, 11) is 0. The van der Waals surface area contributed by atoms with E-state index in [0.29, 0.717) is 35.8 Å². The summed E-state index contributed by atoms with van der Waals surface area (Å²) in [6.45, 7) is 3.07. The normalized spacial score (nSPS) is 14.5. The molecule has 1 aliphatic rings. The molecule has 1 aliphatic heterocycles. The topological polar surface area (TPSA) is 67.2 Å². The minimum absolute atomic E-state index is 0.00299. The number of carbonyl (C=O) groups excluding carboxylic acids is 2. The quantitative estimate of drug-likeness (QED) is 0.418. The van der Waals surface area contributed by atoms with Crippen LogP contribution in [-0.2, 0) is 4.79 Å². The van der Waals surface area contributed by atoms with E-state index in [4.69, 9.17) is 11.6 Å². The highest BCUT2D eigenvalue weighted by atomic mass is 35.5. The number of aromatic nitrogens is 2. The zero-order valence-corrected chi connectivity index (χ0v) is 19.7. The molecule has 3 heterocycles. The number of aryl methyl sites for hydroxylation is 1. The SMILES string of the molecule is Cc1nn(-c2ccccc2Cl)c2sc(C(=O)N3CCC(C(=O)Nc4ccccc4)CC3)cc12. The maximum Gasteiger partial charge on any atom is 0.264 e. The fraction of sp³-hybridized carbons (Fsp3) is 0.240. The van der Waals surface area contributed by atoms with E-state index in [9.17, 15) is 9.59 Å². The summed E-state index contributed by atoms with van der Waals surface area (Å²) < 4.78 is 1.81. The highest BCUT2D eigenvalue weighted by molar-refractivity contribution is 7.20. The van der Waals surface area contributed by atoms with Gasteiger partial charge in [-0.2, -0.15) is 5.10 Å². The molecule has 0 unspecified atom stereocenters. The van der Waals surface area contributed by atoms with Crippen molar-refractivity contribution in [1.29, 1.82) is 0 Å². The number of rotatable bonds is 4. The third-order valence-corrected chi connectivity index (χ3v) is 7.45. The number of hydrogen-bond donors (Lipinski definition) is 1. The van der Waals surface area contributed by atoms with E-state index in [1.54, 1.807) is 0 Å². The summed E-state index contributed by atoms with van der Waals surface area (Å²) in [5.41, 5.74) is 2.45. The maximum atomic E-state index is 13.2. The van der Waals surface area contributed by atoms with Gasteiger partial charge in [0, 0.05) is 30.1 Å². The van der Waals surface area contributed by atoms with Crippen LogP contribution >= 0.6 is 22.9 Å². The van der Waals surface area contributed by atoms with Gasteiger partial charge >= 0.3 is 0 Å². The second-order valence-electron chi connectivity index (χ2n) is 8.20. The van der Waals surface area contributed by atoms with Gasteiger partial charge in [0.25, 0.3) is 5.91 Å². The molecule has 5 rings (SSSR count). The monoisotopic (exact) mass is 478 g/mol. The van der Waals surface area contributed by atoms with E-state index in [-0.39, 0.29) is 17.7 Å². The molecule has 1 saturated heterocycles. The van der Waals surface area contributed by atoms with E-state index in [0.717, 1.165) is 27.3 Å². The Labute approximate surface area is 200 Å². The van der Waals surface area contributed by atoms with Crippen LogP contribution in [0.2, 0.25) is 5.02 Å². The second kappa shape index (κ2) is 9.00. The van der Waals surface area contributed by atoms with Gasteiger partial charge in [-0.05, 0) is 50.1 Å². The highest BCUT2D eigenvalue weighted by Gasteiger charge is 2.29. The van der Waals surface area contributed by atoms with Crippen molar-refractivity contribution in [1.82, 2.24) is 14.7 Å². The fourth-order valence-corrected chi connectivity index (χ4v) is 5.57. The summed E-state index contributed by atoms with van der Waals surface area (Å²) in [5.74, 6) is -0.0680. The molecule has 0 bridgehead atoms. The first-order valence-electron chi connectivity index (χ1n) is 10.9. The van der Waals surface area contributed by atoms with Crippen LogP contribution in [0.5, 0.6) is 0 Å². The predicted molar refractivity (Wildman–Crippen MR) is 132 cm³/mol. The van der Waals surface area contributed by atoms with Gasteiger partial charge in [-0.15, -0.1) is 11.3 Å². The molecule has 33 heavy (non-hydrogen) atoms. The Kier molecular flexibility index (Phi) is 5.91. The van der Waals surface area contributed by atoms with Crippen molar-refractivity contribution in [3.8, 4) is 5.69 Å². The van der Waals surface area contributed by atoms with Crippen LogP contribution in [0.25, 0.3) is 15.9 Å². The van der Waals surface area contributed by atoms with Crippen LogP contribution in [0.4, 0.5) is 5.69 Å². The summed E-state index contributed by atoms with van der Waals surface area (Å²) in [4.78, 5) is 29.3. The van der Waals surface area contributed by atoms with E-state index < -0.39 is 0 Å². The molecule has 0 radical (unpaired) electrons. The molecule has 168 valence electrons. The first-order chi connectivity index (χ1) is 16.0. The van der Waals surface area contributed by atoms with Crippen molar-refractivity contribution in [2.24, 2.45) is 5.92 Å². The third-order valence-electron chi connectivity index (χ3n) is 6.03. The second-order valence-corrected chi connectivity index (χ2v) is 9.64. The molecule has 0 saturated carbocycles. The number of halogens is 1. The van der Waals surface area contributed by atoms with E-state index in [1.807, 2.05) is 77.2 Å². The minimum Gasteiger partial charge on any atom is -0.338 e. The Hall–Kier alpha value is -3.16. The van der Waals surface area contributed by atoms with E-state index >= 15 is 0 Å². The molecular weight excluding hydrogens is 456 g/mol. The zero-order valence-electron chi connectivity index (χ0n) is 18.1. The highest BCUT2D eigenvalue weighted by Crippen LogP contribution is 2.33. The molecule has 0 spiro atoms. The van der Waals surface area contributed by atoms with Crippen molar-refractivity contribution in [3.05, 3.63) is 76.3 Å². The largest absolute Gasteiger partial charge is 0.338 e. The van der Waals surface area contributed by atoms with Crippen LogP contribution < -0.4 is 5.32 Å². The first-order valence-corrected chi connectivity index (χ1v) is 12.1. The maximum absolute atomic E-state index is 13.2. The average Bonchev–Trinajstić information content (AvgIpc) is 3.40. The zero-order chi connectivity index (χ0) is 22.9. The van der Waals surface area contributed by atoms with Crippen molar-refractivity contribution in [2.75, 3.05) is 18.4 Å². The van der Waals surface area contributed by atoms with Gasteiger partial charge in [-0.3, -0.25) is 9.59 Å². The Balaban J connectivity index is 1.29. The lowest BCUT2D eigenvalue weighted by Crippen LogP contribution is -2.41. The van der Waals surface area contributed by atoms with E-state index in [2.05, 4.69) is 10.4 Å².